The standard InChI is InChI=1S/C14H20ClNO3S/c1-3-20(17,18)13-12(14(13,8-16)9-19-2)10-4-6-11(15)7-5-10/h4-7,12-13H,3,8-9,16H2,1-2H3/t12-,13-,14-/m1/s1. The number of sulfone groups is 1. The number of nitrogens with two attached hydrogens (primary N) is 1. The molecule has 1 fully saturated rings. The third-order valence-electron chi connectivity index (χ3n) is 4.19. The van der Waals surface area contributed by atoms with Crippen LogP contribution in [0, 0.1) is 5.41 Å². The van der Waals surface area contributed by atoms with Gasteiger partial charge in [-0.05, 0) is 17.7 Å². The van der Waals surface area contributed by atoms with Crippen molar-refractivity contribution in [3.05, 3.63) is 34.9 Å². The quantitative estimate of drug-likeness (QED) is 0.869. The predicted octanol–water partition coefficient (Wildman–Crippen LogP) is 1.83. The van der Waals surface area contributed by atoms with Crippen LogP contribution in [-0.4, -0.2) is 39.7 Å². The minimum atomic E-state index is -3.17. The number of hydrogen-bond donors (Lipinski definition) is 1. The molecule has 0 radical (unpaired) electrons. The van der Waals surface area contributed by atoms with Crippen molar-refractivity contribution in [2.24, 2.45) is 11.1 Å². The SMILES string of the molecule is CCS(=O)(=O)[C@@H]1[C@@H](c2ccc(Cl)cc2)[C@@]1(CN)COC. The molecule has 6 heteroatoms. The number of rotatable bonds is 6. The van der Waals surface area contributed by atoms with Crippen molar-refractivity contribution < 1.29 is 13.2 Å². The third-order valence-corrected chi connectivity index (χ3v) is 6.76. The molecule has 0 amide bonds. The van der Waals surface area contributed by atoms with Crippen molar-refractivity contribution in [1.82, 2.24) is 0 Å². The minimum Gasteiger partial charge on any atom is -0.384 e. The fourth-order valence-electron chi connectivity index (χ4n) is 3.12. The average Bonchev–Trinajstić information content (AvgIpc) is 3.10. The molecular weight excluding hydrogens is 298 g/mol. The van der Waals surface area contributed by atoms with Gasteiger partial charge in [-0.3, -0.25) is 0 Å². The van der Waals surface area contributed by atoms with Crippen molar-refractivity contribution in [3.8, 4) is 0 Å². The van der Waals surface area contributed by atoms with Gasteiger partial charge in [0, 0.05) is 35.8 Å². The molecule has 0 unspecified atom stereocenters. The van der Waals surface area contributed by atoms with Crippen LogP contribution < -0.4 is 5.73 Å². The first-order chi connectivity index (χ1) is 9.43. The molecule has 1 saturated carbocycles. The highest BCUT2D eigenvalue weighted by Gasteiger charge is 2.69. The van der Waals surface area contributed by atoms with Crippen LogP contribution in [0.2, 0.25) is 5.02 Å². The van der Waals surface area contributed by atoms with E-state index in [2.05, 4.69) is 0 Å². The van der Waals surface area contributed by atoms with Gasteiger partial charge in [-0.25, -0.2) is 8.42 Å². The van der Waals surface area contributed by atoms with E-state index in [-0.39, 0.29) is 18.2 Å². The zero-order valence-electron chi connectivity index (χ0n) is 11.7. The first kappa shape index (κ1) is 15.8. The molecule has 0 aromatic heterocycles. The Hall–Kier alpha value is -0.620. The van der Waals surface area contributed by atoms with Crippen molar-refractivity contribution in [2.45, 2.75) is 18.1 Å². The van der Waals surface area contributed by atoms with E-state index in [1.807, 2.05) is 12.1 Å². The molecule has 0 spiro atoms. The summed E-state index contributed by atoms with van der Waals surface area (Å²) in [5, 5.41) is 0.167. The summed E-state index contributed by atoms with van der Waals surface area (Å²) in [5.74, 6) is 0.00223. The Kier molecular flexibility index (Phi) is 4.44. The second-order valence-electron chi connectivity index (χ2n) is 5.27. The first-order valence-electron chi connectivity index (χ1n) is 6.59. The molecule has 0 heterocycles. The number of methoxy groups -OCH3 is 1. The second-order valence-corrected chi connectivity index (χ2v) is 8.12. The van der Waals surface area contributed by atoms with Gasteiger partial charge in [-0.2, -0.15) is 0 Å². The van der Waals surface area contributed by atoms with E-state index in [0.29, 0.717) is 11.6 Å². The second kappa shape index (κ2) is 5.64. The lowest BCUT2D eigenvalue weighted by Gasteiger charge is -2.14. The average molecular weight is 318 g/mol. The highest BCUT2D eigenvalue weighted by atomic mass is 35.5. The summed E-state index contributed by atoms with van der Waals surface area (Å²) in [4.78, 5) is 0. The summed E-state index contributed by atoms with van der Waals surface area (Å²) in [5.41, 5.74) is 6.32. The van der Waals surface area contributed by atoms with Gasteiger partial charge in [0.15, 0.2) is 9.84 Å². The monoisotopic (exact) mass is 317 g/mol. The van der Waals surface area contributed by atoms with E-state index in [1.54, 1.807) is 26.2 Å². The van der Waals surface area contributed by atoms with Gasteiger partial charge in [-0.1, -0.05) is 30.7 Å². The fraction of sp³-hybridized carbons (Fsp3) is 0.571. The molecule has 1 aromatic rings. The summed E-state index contributed by atoms with van der Waals surface area (Å²) in [6.45, 7) is 2.30. The predicted molar refractivity (Wildman–Crippen MR) is 80.8 cm³/mol. The Morgan fingerprint density at radius 2 is 1.95 bits per heavy atom. The van der Waals surface area contributed by atoms with Crippen LogP contribution in [0.1, 0.15) is 18.4 Å². The zero-order chi connectivity index (χ0) is 15.0. The number of hydrogen-bond acceptors (Lipinski definition) is 4. The highest BCUT2D eigenvalue weighted by molar-refractivity contribution is 7.92. The Labute approximate surface area is 125 Å². The summed E-state index contributed by atoms with van der Waals surface area (Å²) in [6, 6.07) is 7.30. The molecule has 0 bridgehead atoms. The molecule has 112 valence electrons. The van der Waals surface area contributed by atoms with Gasteiger partial charge in [-0.15, -0.1) is 0 Å². The van der Waals surface area contributed by atoms with Gasteiger partial charge < -0.3 is 10.5 Å². The molecule has 1 aliphatic rings. The minimum absolute atomic E-state index is 0.116. The Balaban J connectivity index is 2.42. The van der Waals surface area contributed by atoms with Crippen LogP contribution >= 0.6 is 11.6 Å². The van der Waals surface area contributed by atoms with Crippen LogP contribution in [0.25, 0.3) is 0 Å². The summed E-state index contributed by atoms with van der Waals surface area (Å²) in [7, 11) is -1.59. The van der Waals surface area contributed by atoms with E-state index in [1.165, 1.54) is 0 Å². The van der Waals surface area contributed by atoms with Crippen LogP contribution in [0.5, 0.6) is 0 Å². The maximum Gasteiger partial charge on any atom is 0.154 e. The van der Waals surface area contributed by atoms with Gasteiger partial charge in [0.1, 0.15) is 0 Å². The molecule has 1 aliphatic carbocycles. The van der Waals surface area contributed by atoms with E-state index in [0.717, 1.165) is 5.56 Å². The summed E-state index contributed by atoms with van der Waals surface area (Å²) in [6.07, 6.45) is 0. The lowest BCUT2D eigenvalue weighted by molar-refractivity contribution is 0.142. The van der Waals surface area contributed by atoms with E-state index in [4.69, 9.17) is 22.1 Å². The molecule has 20 heavy (non-hydrogen) atoms. The van der Waals surface area contributed by atoms with E-state index >= 15 is 0 Å². The lowest BCUT2D eigenvalue weighted by Crippen LogP contribution is -2.28. The van der Waals surface area contributed by atoms with Crippen LogP contribution in [0.3, 0.4) is 0 Å². The third kappa shape index (κ3) is 2.48. The smallest absolute Gasteiger partial charge is 0.154 e. The van der Waals surface area contributed by atoms with E-state index in [9.17, 15) is 8.42 Å². The topological polar surface area (TPSA) is 69.4 Å². The molecule has 1 aromatic carbocycles. The molecule has 3 atom stereocenters. The first-order valence-corrected chi connectivity index (χ1v) is 8.68. The molecule has 0 saturated heterocycles. The normalized spacial score (nSPS) is 29.4. The van der Waals surface area contributed by atoms with Crippen LogP contribution in [0.15, 0.2) is 24.3 Å². The van der Waals surface area contributed by atoms with E-state index < -0.39 is 20.5 Å². The van der Waals surface area contributed by atoms with Crippen molar-refractivity contribution in [3.63, 3.8) is 0 Å². The number of ether oxygens (including phenoxy) is 1. The van der Waals surface area contributed by atoms with Crippen LogP contribution in [-0.2, 0) is 14.6 Å². The number of halogens is 1. The molecule has 2 rings (SSSR count). The Morgan fingerprint density at radius 3 is 2.40 bits per heavy atom. The fourth-order valence-corrected chi connectivity index (χ4v) is 5.39. The van der Waals surface area contributed by atoms with Crippen molar-refractivity contribution >= 4 is 21.4 Å². The Morgan fingerprint density at radius 1 is 1.35 bits per heavy atom. The zero-order valence-corrected chi connectivity index (χ0v) is 13.2. The number of benzene rings is 1. The van der Waals surface area contributed by atoms with Gasteiger partial charge in [0.2, 0.25) is 0 Å². The summed E-state index contributed by atoms with van der Waals surface area (Å²) < 4.78 is 29.9. The van der Waals surface area contributed by atoms with Crippen molar-refractivity contribution in [1.29, 1.82) is 0 Å². The molecule has 4 nitrogen and oxygen atoms in total. The Bertz CT molecular complexity index is 573. The summed E-state index contributed by atoms with van der Waals surface area (Å²) >= 11 is 5.89. The largest absolute Gasteiger partial charge is 0.384 e. The molecule has 0 aliphatic heterocycles. The highest BCUT2D eigenvalue weighted by Crippen LogP contribution is 2.62. The molecule has 2 N–H and O–H groups in total. The maximum atomic E-state index is 12.3. The lowest BCUT2D eigenvalue weighted by atomic mass is 10.0. The maximum absolute atomic E-state index is 12.3. The molecular formula is C14H20ClNO3S. The van der Waals surface area contributed by atoms with Gasteiger partial charge >= 0.3 is 0 Å². The van der Waals surface area contributed by atoms with Crippen molar-refractivity contribution in [2.75, 3.05) is 26.0 Å². The van der Waals surface area contributed by atoms with Crippen LogP contribution in [0.4, 0.5) is 0 Å². The van der Waals surface area contributed by atoms with Gasteiger partial charge in [0.05, 0.1) is 11.9 Å². The van der Waals surface area contributed by atoms with Gasteiger partial charge in [0.25, 0.3) is 0 Å².